The topological polar surface area (TPSA) is 48.0 Å². The second-order valence-electron chi connectivity index (χ2n) is 7.13. The third-order valence-electron chi connectivity index (χ3n) is 5.68. The highest BCUT2D eigenvalue weighted by atomic mass is 19.1. The number of benzene rings is 2. The van der Waals surface area contributed by atoms with Crippen molar-refractivity contribution in [3.8, 4) is 11.1 Å². The number of primary amides is 1. The van der Waals surface area contributed by atoms with Crippen molar-refractivity contribution < 1.29 is 9.18 Å². The Morgan fingerprint density at radius 1 is 1.19 bits per heavy atom. The molecular formula is C23H23FN2O. The van der Waals surface area contributed by atoms with E-state index >= 15 is 0 Å². The number of carbonyl (C=O) groups excluding carboxylic acids is 1. The average Bonchev–Trinajstić information content (AvgIpc) is 3.20. The van der Waals surface area contributed by atoms with Gasteiger partial charge in [-0.1, -0.05) is 43.3 Å². The summed E-state index contributed by atoms with van der Waals surface area (Å²) in [5.74, 6) is -0.732. The van der Waals surface area contributed by atoms with Crippen LogP contribution >= 0.6 is 0 Å². The Bertz CT molecular complexity index is 1020. The van der Waals surface area contributed by atoms with Gasteiger partial charge in [-0.25, -0.2) is 4.39 Å². The highest BCUT2D eigenvalue weighted by Crippen LogP contribution is 2.41. The van der Waals surface area contributed by atoms with Crippen molar-refractivity contribution in [3.05, 3.63) is 82.4 Å². The van der Waals surface area contributed by atoms with Crippen molar-refractivity contribution >= 4 is 5.91 Å². The van der Waals surface area contributed by atoms with Gasteiger partial charge in [0.1, 0.15) is 5.82 Å². The van der Waals surface area contributed by atoms with E-state index in [4.69, 9.17) is 5.73 Å². The summed E-state index contributed by atoms with van der Waals surface area (Å²) < 4.78 is 15.7. The molecule has 2 aromatic carbocycles. The van der Waals surface area contributed by atoms with Gasteiger partial charge in [0.05, 0.1) is 11.6 Å². The van der Waals surface area contributed by atoms with E-state index in [-0.39, 0.29) is 11.9 Å². The van der Waals surface area contributed by atoms with Crippen LogP contribution in [-0.2, 0) is 12.8 Å². The van der Waals surface area contributed by atoms with Crippen LogP contribution in [-0.4, -0.2) is 10.5 Å². The molecule has 3 aromatic rings. The molecule has 0 fully saturated rings. The van der Waals surface area contributed by atoms with Crippen LogP contribution in [0.3, 0.4) is 0 Å². The number of nitrogens with two attached hydrogens (primary N) is 1. The summed E-state index contributed by atoms with van der Waals surface area (Å²) in [6.07, 6.45) is 2.79. The highest BCUT2D eigenvalue weighted by molar-refractivity contribution is 6.02. The van der Waals surface area contributed by atoms with E-state index in [1.807, 2.05) is 6.92 Å². The molecule has 1 aromatic heterocycles. The molecule has 0 aliphatic heterocycles. The molecule has 0 saturated heterocycles. The Morgan fingerprint density at radius 3 is 2.56 bits per heavy atom. The SMILES string of the molecule is CCc1c(-c2ccc(F)cc2)c(C(N)=O)c(C)n1C1CCc2ccccc21. The van der Waals surface area contributed by atoms with Gasteiger partial charge in [0.2, 0.25) is 0 Å². The molecule has 3 nitrogen and oxygen atoms in total. The summed E-state index contributed by atoms with van der Waals surface area (Å²) in [5, 5.41) is 0. The molecule has 0 radical (unpaired) electrons. The second-order valence-corrected chi connectivity index (χ2v) is 7.13. The summed E-state index contributed by atoms with van der Waals surface area (Å²) in [5.41, 5.74) is 12.6. The Hall–Kier alpha value is -2.88. The zero-order valence-corrected chi connectivity index (χ0v) is 15.6. The molecule has 0 spiro atoms. The van der Waals surface area contributed by atoms with Gasteiger partial charge >= 0.3 is 0 Å². The fraction of sp³-hybridized carbons (Fsp3) is 0.261. The lowest BCUT2D eigenvalue weighted by Crippen LogP contribution is -2.15. The first-order valence-electron chi connectivity index (χ1n) is 9.40. The molecule has 4 rings (SSSR count). The van der Waals surface area contributed by atoms with Crippen LogP contribution in [0.15, 0.2) is 48.5 Å². The first-order valence-corrected chi connectivity index (χ1v) is 9.40. The number of fused-ring (bicyclic) bond motifs is 1. The molecular weight excluding hydrogens is 339 g/mol. The van der Waals surface area contributed by atoms with Crippen LogP contribution in [0.1, 0.15) is 52.3 Å². The lowest BCUT2D eigenvalue weighted by molar-refractivity contribution is 0.1000. The molecule has 1 heterocycles. The Balaban J connectivity index is 1.98. The van der Waals surface area contributed by atoms with Gasteiger partial charge in [0, 0.05) is 17.0 Å². The summed E-state index contributed by atoms with van der Waals surface area (Å²) in [6.45, 7) is 4.05. The van der Waals surface area contributed by atoms with E-state index in [2.05, 4.69) is 35.8 Å². The maximum atomic E-state index is 13.4. The Labute approximate surface area is 158 Å². The molecule has 0 saturated carbocycles. The zero-order valence-electron chi connectivity index (χ0n) is 15.6. The molecule has 1 amide bonds. The van der Waals surface area contributed by atoms with E-state index in [1.165, 1.54) is 23.3 Å². The van der Waals surface area contributed by atoms with E-state index in [0.29, 0.717) is 5.56 Å². The lowest BCUT2D eigenvalue weighted by Gasteiger charge is -2.20. The van der Waals surface area contributed by atoms with Gasteiger partial charge in [-0.3, -0.25) is 4.79 Å². The molecule has 4 heteroatoms. The molecule has 0 bridgehead atoms. The number of hydrogen-bond donors (Lipinski definition) is 1. The minimum absolute atomic E-state index is 0.198. The number of amides is 1. The monoisotopic (exact) mass is 362 g/mol. The predicted octanol–water partition coefficient (Wildman–Crippen LogP) is 4.80. The Morgan fingerprint density at radius 2 is 1.89 bits per heavy atom. The van der Waals surface area contributed by atoms with Crippen LogP contribution in [0.5, 0.6) is 0 Å². The first-order chi connectivity index (χ1) is 13.0. The van der Waals surface area contributed by atoms with Gasteiger partial charge in [0.25, 0.3) is 5.91 Å². The number of hydrogen-bond acceptors (Lipinski definition) is 1. The largest absolute Gasteiger partial charge is 0.366 e. The van der Waals surface area contributed by atoms with Gasteiger partial charge < -0.3 is 10.3 Å². The van der Waals surface area contributed by atoms with Gasteiger partial charge in [-0.2, -0.15) is 0 Å². The van der Waals surface area contributed by atoms with Crippen LogP contribution in [0, 0.1) is 12.7 Å². The summed E-state index contributed by atoms with van der Waals surface area (Å²) in [6, 6.07) is 15.0. The van der Waals surface area contributed by atoms with Gasteiger partial charge in [-0.15, -0.1) is 0 Å². The first kappa shape index (κ1) is 17.5. The number of nitrogens with zero attached hydrogens (tertiary/aromatic N) is 1. The summed E-state index contributed by atoms with van der Waals surface area (Å²) in [7, 11) is 0. The summed E-state index contributed by atoms with van der Waals surface area (Å²) >= 11 is 0. The smallest absolute Gasteiger partial charge is 0.251 e. The molecule has 1 aliphatic rings. The molecule has 138 valence electrons. The molecule has 1 aliphatic carbocycles. The van der Waals surface area contributed by atoms with Gasteiger partial charge in [0.15, 0.2) is 0 Å². The van der Waals surface area contributed by atoms with Crippen molar-refractivity contribution in [2.24, 2.45) is 5.73 Å². The lowest BCUT2D eigenvalue weighted by atomic mass is 9.98. The second kappa shape index (κ2) is 6.69. The summed E-state index contributed by atoms with van der Waals surface area (Å²) in [4.78, 5) is 12.4. The normalized spacial score (nSPS) is 15.7. The van der Waals surface area contributed by atoms with Crippen molar-refractivity contribution in [1.82, 2.24) is 4.57 Å². The van der Waals surface area contributed by atoms with E-state index < -0.39 is 5.91 Å². The third-order valence-corrected chi connectivity index (χ3v) is 5.68. The van der Waals surface area contributed by atoms with Crippen LogP contribution in [0.4, 0.5) is 4.39 Å². The highest BCUT2D eigenvalue weighted by Gasteiger charge is 2.31. The van der Waals surface area contributed by atoms with E-state index in [9.17, 15) is 9.18 Å². The number of carbonyl (C=O) groups is 1. The van der Waals surface area contributed by atoms with E-state index in [1.54, 1.807) is 12.1 Å². The fourth-order valence-corrected chi connectivity index (χ4v) is 4.57. The molecule has 1 unspecified atom stereocenters. The Kier molecular flexibility index (Phi) is 4.34. The maximum absolute atomic E-state index is 13.4. The van der Waals surface area contributed by atoms with Crippen molar-refractivity contribution in [3.63, 3.8) is 0 Å². The third kappa shape index (κ3) is 2.76. The van der Waals surface area contributed by atoms with Crippen molar-refractivity contribution in [1.29, 1.82) is 0 Å². The zero-order chi connectivity index (χ0) is 19.1. The number of aromatic nitrogens is 1. The van der Waals surface area contributed by atoms with E-state index in [0.717, 1.165) is 41.8 Å². The van der Waals surface area contributed by atoms with Crippen molar-refractivity contribution in [2.75, 3.05) is 0 Å². The van der Waals surface area contributed by atoms with Crippen molar-refractivity contribution in [2.45, 2.75) is 39.2 Å². The minimum Gasteiger partial charge on any atom is -0.366 e. The average molecular weight is 362 g/mol. The number of rotatable bonds is 4. The minimum atomic E-state index is -0.438. The van der Waals surface area contributed by atoms with Crippen LogP contribution in [0.2, 0.25) is 0 Å². The number of halogens is 1. The molecule has 2 N–H and O–H groups in total. The van der Waals surface area contributed by atoms with Crippen LogP contribution in [0.25, 0.3) is 11.1 Å². The predicted molar refractivity (Wildman–Crippen MR) is 105 cm³/mol. The van der Waals surface area contributed by atoms with Gasteiger partial charge in [-0.05, 0) is 55.0 Å². The molecule has 1 atom stereocenters. The maximum Gasteiger partial charge on any atom is 0.251 e. The quantitative estimate of drug-likeness (QED) is 0.712. The number of aryl methyl sites for hydroxylation is 1. The fourth-order valence-electron chi connectivity index (χ4n) is 4.57. The van der Waals surface area contributed by atoms with Crippen LogP contribution < -0.4 is 5.73 Å². The molecule has 27 heavy (non-hydrogen) atoms. The standard InChI is InChI=1S/C23H23FN2O/c1-3-19-22(16-8-11-17(24)12-9-16)21(23(25)27)14(2)26(19)20-13-10-15-6-4-5-7-18(15)20/h4-9,11-12,20H,3,10,13H2,1-2H3,(H2,25,27).